The molecule has 0 fully saturated rings. The Morgan fingerprint density at radius 2 is 1.88 bits per heavy atom. The number of aryl methyl sites for hydroxylation is 1. The van der Waals surface area contributed by atoms with E-state index in [0.29, 0.717) is 5.56 Å². The fourth-order valence-corrected chi connectivity index (χ4v) is 3.31. The highest BCUT2D eigenvalue weighted by Crippen LogP contribution is 2.33. The summed E-state index contributed by atoms with van der Waals surface area (Å²) in [4.78, 5) is 11.8. The van der Waals surface area contributed by atoms with Crippen LogP contribution >= 0.6 is 0 Å². The van der Waals surface area contributed by atoms with Gasteiger partial charge in [0.25, 0.3) is 0 Å². The quantitative estimate of drug-likeness (QED) is 0.750. The Kier molecular flexibility index (Phi) is 6.27. The Balaban J connectivity index is 2.61. The van der Waals surface area contributed by atoms with E-state index in [1.165, 1.54) is 18.2 Å². The van der Waals surface area contributed by atoms with Crippen molar-refractivity contribution in [1.82, 2.24) is 0 Å². The zero-order valence-corrected chi connectivity index (χ0v) is 14.8. The SMILES string of the molecule is CCCCc1ccc(N(c2ccc(F)cc2)S(=O)[O-])c(C(=O)O)c1C. The zero-order chi connectivity index (χ0) is 18.6. The molecule has 0 amide bonds. The minimum atomic E-state index is -2.76. The summed E-state index contributed by atoms with van der Waals surface area (Å²) < 4.78 is 37.5. The maximum Gasteiger partial charge on any atom is 0.338 e. The first-order valence-corrected chi connectivity index (χ1v) is 8.90. The van der Waals surface area contributed by atoms with Crippen LogP contribution in [0.5, 0.6) is 0 Å². The molecule has 0 aliphatic heterocycles. The van der Waals surface area contributed by atoms with Gasteiger partial charge >= 0.3 is 5.97 Å². The molecule has 2 rings (SSSR count). The van der Waals surface area contributed by atoms with Gasteiger partial charge in [-0.05, 0) is 61.2 Å². The molecule has 0 saturated carbocycles. The summed E-state index contributed by atoms with van der Waals surface area (Å²) >= 11 is -2.76. The number of hydrogen-bond donors (Lipinski definition) is 1. The summed E-state index contributed by atoms with van der Waals surface area (Å²) in [7, 11) is 0. The second kappa shape index (κ2) is 8.22. The average Bonchev–Trinajstić information content (AvgIpc) is 2.55. The van der Waals surface area contributed by atoms with Gasteiger partial charge in [0.15, 0.2) is 0 Å². The molecule has 0 radical (unpaired) electrons. The van der Waals surface area contributed by atoms with Gasteiger partial charge in [0.1, 0.15) is 5.82 Å². The summed E-state index contributed by atoms with van der Waals surface area (Å²) in [5.74, 6) is -1.71. The maximum absolute atomic E-state index is 13.1. The molecule has 7 heteroatoms. The van der Waals surface area contributed by atoms with Crippen LogP contribution in [-0.4, -0.2) is 19.8 Å². The summed E-state index contributed by atoms with van der Waals surface area (Å²) in [6, 6.07) is 8.06. The second-order valence-corrected chi connectivity index (χ2v) is 6.44. The van der Waals surface area contributed by atoms with Crippen LogP contribution < -0.4 is 4.31 Å². The molecule has 0 heterocycles. The van der Waals surface area contributed by atoms with Gasteiger partial charge in [-0.1, -0.05) is 19.4 Å². The van der Waals surface area contributed by atoms with Crippen molar-refractivity contribution < 1.29 is 23.1 Å². The molecule has 2 aromatic carbocycles. The number of hydrogen-bond acceptors (Lipinski definition) is 3. The van der Waals surface area contributed by atoms with E-state index in [-0.39, 0.29) is 16.9 Å². The van der Waals surface area contributed by atoms with Crippen molar-refractivity contribution in [1.29, 1.82) is 0 Å². The lowest BCUT2D eigenvalue weighted by Crippen LogP contribution is -2.23. The lowest BCUT2D eigenvalue weighted by molar-refractivity contribution is 0.0697. The summed E-state index contributed by atoms with van der Waals surface area (Å²) in [6.45, 7) is 3.72. The summed E-state index contributed by atoms with van der Waals surface area (Å²) in [6.07, 6.45) is 2.60. The molecule has 134 valence electrons. The predicted molar refractivity (Wildman–Crippen MR) is 94.2 cm³/mol. The van der Waals surface area contributed by atoms with E-state index < -0.39 is 23.1 Å². The van der Waals surface area contributed by atoms with Crippen LogP contribution in [0.1, 0.15) is 41.3 Å². The van der Waals surface area contributed by atoms with Gasteiger partial charge in [-0.25, -0.2) is 9.18 Å². The molecule has 0 aliphatic rings. The molecule has 5 nitrogen and oxygen atoms in total. The van der Waals surface area contributed by atoms with E-state index in [0.717, 1.165) is 41.3 Å². The molecule has 0 spiro atoms. The summed E-state index contributed by atoms with van der Waals surface area (Å²) in [5.41, 5.74) is 1.54. The number of carboxylic acids is 1. The third-order valence-corrected chi connectivity index (χ3v) is 4.70. The van der Waals surface area contributed by atoms with Gasteiger partial charge in [-0.2, -0.15) is 0 Å². The molecule has 0 aliphatic carbocycles. The fraction of sp³-hybridized carbons (Fsp3) is 0.278. The Hall–Kier alpha value is -2.25. The number of carbonyl (C=O) groups is 1. The molecule has 2 aromatic rings. The normalized spacial score (nSPS) is 12.0. The monoisotopic (exact) mass is 364 g/mol. The standard InChI is InChI=1S/C18H20FNO4S/c1-3-4-5-13-6-11-16(17(12(13)2)18(21)22)20(25(23)24)15-9-7-14(19)8-10-15/h6-11H,3-5H2,1-2H3,(H,21,22)(H,23,24)/p-1. The molecular formula is C18H19FNO4S-. The number of aromatic carboxylic acids is 1. The van der Waals surface area contributed by atoms with Crippen LogP contribution in [0, 0.1) is 12.7 Å². The minimum Gasteiger partial charge on any atom is -0.755 e. The predicted octanol–water partition coefficient (Wildman–Crippen LogP) is 4.11. The van der Waals surface area contributed by atoms with E-state index in [1.54, 1.807) is 13.0 Å². The van der Waals surface area contributed by atoms with Crippen molar-refractivity contribution in [2.45, 2.75) is 33.1 Å². The Bertz CT molecular complexity index is 792. The number of rotatable bonds is 7. The number of anilines is 2. The van der Waals surface area contributed by atoms with Crippen molar-refractivity contribution in [3.8, 4) is 0 Å². The van der Waals surface area contributed by atoms with Crippen LogP contribution in [0.2, 0.25) is 0 Å². The third kappa shape index (κ3) is 4.24. The van der Waals surface area contributed by atoms with E-state index in [2.05, 4.69) is 0 Å². The van der Waals surface area contributed by atoms with Gasteiger partial charge in [-0.15, -0.1) is 0 Å². The van der Waals surface area contributed by atoms with E-state index >= 15 is 0 Å². The number of halogens is 1. The topological polar surface area (TPSA) is 80.7 Å². The lowest BCUT2D eigenvalue weighted by atomic mass is 9.96. The van der Waals surface area contributed by atoms with Crippen molar-refractivity contribution in [2.75, 3.05) is 4.31 Å². The van der Waals surface area contributed by atoms with Gasteiger partial charge in [-0.3, -0.25) is 8.51 Å². The first-order valence-electron chi connectivity index (χ1n) is 7.87. The van der Waals surface area contributed by atoms with Crippen LogP contribution in [-0.2, 0) is 17.7 Å². The van der Waals surface area contributed by atoms with Gasteiger partial charge in [0.2, 0.25) is 0 Å². The largest absolute Gasteiger partial charge is 0.755 e. The number of unbranched alkanes of at least 4 members (excludes halogenated alkanes) is 1. The fourth-order valence-electron chi connectivity index (χ4n) is 2.70. The average molecular weight is 364 g/mol. The van der Waals surface area contributed by atoms with Crippen molar-refractivity contribution >= 4 is 28.6 Å². The Morgan fingerprint density at radius 3 is 2.40 bits per heavy atom. The molecular weight excluding hydrogens is 345 g/mol. The number of carboxylic acid groups (broad SMARTS) is 1. The van der Waals surface area contributed by atoms with E-state index in [9.17, 15) is 23.1 Å². The minimum absolute atomic E-state index is 0.0326. The smallest absolute Gasteiger partial charge is 0.338 e. The highest BCUT2D eigenvalue weighted by atomic mass is 32.2. The van der Waals surface area contributed by atoms with Gasteiger partial charge in [0.05, 0.1) is 28.2 Å². The molecule has 0 aromatic heterocycles. The number of nitrogens with zero attached hydrogens (tertiary/aromatic N) is 1. The van der Waals surface area contributed by atoms with Crippen molar-refractivity contribution in [3.63, 3.8) is 0 Å². The summed E-state index contributed by atoms with van der Waals surface area (Å²) in [5, 5.41) is 9.63. The first kappa shape index (κ1) is 19.1. The van der Waals surface area contributed by atoms with Crippen LogP contribution in [0.15, 0.2) is 36.4 Å². The van der Waals surface area contributed by atoms with Gasteiger partial charge < -0.3 is 9.66 Å². The first-order chi connectivity index (χ1) is 11.9. The molecule has 0 bridgehead atoms. The maximum atomic E-state index is 13.1. The van der Waals surface area contributed by atoms with Crippen molar-refractivity contribution in [3.05, 3.63) is 58.9 Å². The molecule has 0 saturated heterocycles. The van der Waals surface area contributed by atoms with Crippen LogP contribution in [0.4, 0.5) is 15.8 Å². The molecule has 25 heavy (non-hydrogen) atoms. The Labute approximate surface area is 148 Å². The van der Waals surface area contributed by atoms with E-state index in [4.69, 9.17) is 0 Å². The molecule has 1 unspecified atom stereocenters. The molecule has 1 N–H and O–H groups in total. The van der Waals surface area contributed by atoms with E-state index in [1.807, 2.05) is 6.92 Å². The second-order valence-electron chi connectivity index (χ2n) is 5.64. The lowest BCUT2D eigenvalue weighted by Gasteiger charge is -2.29. The van der Waals surface area contributed by atoms with Crippen molar-refractivity contribution in [2.24, 2.45) is 0 Å². The van der Waals surface area contributed by atoms with Crippen LogP contribution in [0.3, 0.4) is 0 Å². The Morgan fingerprint density at radius 1 is 1.24 bits per heavy atom. The zero-order valence-electron chi connectivity index (χ0n) is 14.0. The molecule has 1 atom stereocenters. The highest BCUT2D eigenvalue weighted by Gasteiger charge is 2.22. The third-order valence-electron chi connectivity index (χ3n) is 4.00. The van der Waals surface area contributed by atoms with Crippen LogP contribution in [0.25, 0.3) is 0 Å². The van der Waals surface area contributed by atoms with Gasteiger partial charge in [0, 0.05) is 0 Å². The number of benzene rings is 2. The highest BCUT2D eigenvalue weighted by molar-refractivity contribution is 7.81.